The van der Waals surface area contributed by atoms with Gasteiger partial charge in [0.05, 0.1) is 15.4 Å². The van der Waals surface area contributed by atoms with Crippen molar-refractivity contribution in [3.63, 3.8) is 0 Å². The minimum atomic E-state index is -0.576. The molecule has 1 aliphatic carbocycles. The fourth-order valence-electron chi connectivity index (χ4n) is 2.64. The zero-order valence-corrected chi connectivity index (χ0v) is 13.5. The largest absolute Gasteiger partial charge is 0.396 e. The van der Waals surface area contributed by atoms with Crippen molar-refractivity contribution in [1.29, 1.82) is 0 Å². The maximum Gasteiger partial charge on any atom is 0.251 e. The summed E-state index contributed by atoms with van der Waals surface area (Å²) in [4.78, 5) is 23.9. The average Bonchev–Trinajstić information content (AvgIpc) is 2.90. The Morgan fingerprint density at radius 1 is 1.22 bits per heavy atom. The van der Waals surface area contributed by atoms with E-state index in [1.165, 1.54) is 0 Å². The van der Waals surface area contributed by atoms with Gasteiger partial charge in [-0.05, 0) is 24.8 Å². The number of fused-ring (bicyclic) bond motifs is 1. The predicted molar refractivity (Wildman–Crippen MR) is 91.5 cm³/mol. The van der Waals surface area contributed by atoms with Gasteiger partial charge in [0.25, 0.3) is 5.91 Å². The van der Waals surface area contributed by atoms with Crippen LogP contribution >= 0.6 is 11.3 Å². The summed E-state index contributed by atoms with van der Waals surface area (Å²) in [6.07, 6.45) is 1.72. The molecule has 5 nitrogen and oxygen atoms in total. The first-order valence-corrected chi connectivity index (χ1v) is 8.24. The van der Waals surface area contributed by atoms with E-state index < -0.39 is 5.91 Å². The van der Waals surface area contributed by atoms with E-state index in [1.54, 1.807) is 0 Å². The Kier molecular flexibility index (Phi) is 5.90. The lowest BCUT2D eigenvalue weighted by Crippen LogP contribution is -2.24. The van der Waals surface area contributed by atoms with Gasteiger partial charge in [0.1, 0.15) is 0 Å². The first-order valence-electron chi connectivity index (χ1n) is 7.42. The molecule has 0 radical (unpaired) electrons. The van der Waals surface area contributed by atoms with Crippen LogP contribution in [0.15, 0.2) is 36.4 Å². The average molecular weight is 332 g/mol. The number of thiophene rings is 1. The van der Waals surface area contributed by atoms with Crippen molar-refractivity contribution in [3.8, 4) is 0 Å². The molecule has 0 unspecified atom stereocenters. The van der Waals surface area contributed by atoms with Crippen molar-refractivity contribution in [2.24, 2.45) is 11.7 Å². The Morgan fingerprint density at radius 3 is 2.26 bits per heavy atom. The lowest BCUT2D eigenvalue weighted by Gasteiger charge is -2.20. The van der Waals surface area contributed by atoms with Crippen LogP contribution in [0.2, 0.25) is 0 Å². The molecule has 6 heteroatoms. The summed E-state index contributed by atoms with van der Waals surface area (Å²) in [7, 11) is 0. The van der Waals surface area contributed by atoms with Crippen LogP contribution < -0.4 is 11.5 Å². The monoisotopic (exact) mass is 332 g/mol. The van der Waals surface area contributed by atoms with Gasteiger partial charge in [-0.25, -0.2) is 0 Å². The van der Waals surface area contributed by atoms with Crippen molar-refractivity contribution in [2.75, 3.05) is 12.3 Å². The van der Waals surface area contributed by atoms with Gasteiger partial charge in [0, 0.05) is 12.5 Å². The maximum absolute atomic E-state index is 12.1. The molecule has 1 amide bonds. The number of hydrogen-bond donors (Lipinski definition) is 3. The summed E-state index contributed by atoms with van der Waals surface area (Å²) < 4.78 is 0. The highest BCUT2D eigenvalue weighted by Gasteiger charge is 2.33. The maximum atomic E-state index is 12.1. The number of Topliss-reactive ketones (excluding diaryl/α,β-unsaturated/α-hetero) is 1. The van der Waals surface area contributed by atoms with Gasteiger partial charge in [0.15, 0.2) is 5.78 Å². The second-order valence-electron chi connectivity index (χ2n) is 5.28. The topological polar surface area (TPSA) is 106 Å². The van der Waals surface area contributed by atoms with Crippen LogP contribution in [0.1, 0.15) is 38.4 Å². The lowest BCUT2D eigenvalue weighted by molar-refractivity contribution is 0.0880. The van der Waals surface area contributed by atoms with Crippen LogP contribution in [0.5, 0.6) is 0 Å². The molecule has 0 fully saturated rings. The number of aliphatic hydroxyl groups excluding tert-OH is 1. The molecule has 0 saturated heterocycles. The molecule has 1 aromatic heterocycles. The highest BCUT2D eigenvalue weighted by Crippen LogP contribution is 2.38. The fraction of sp³-hybridized carbons (Fsp3) is 0.294. The van der Waals surface area contributed by atoms with Crippen LogP contribution in [-0.4, -0.2) is 23.4 Å². The molecule has 0 bridgehead atoms. The van der Waals surface area contributed by atoms with Gasteiger partial charge in [-0.2, -0.15) is 0 Å². The fourth-order valence-corrected chi connectivity index (χ4v) is 3.78. The molecular formula is C17H20N2O3S. The summed E-state index contributed by atoms with van der Waals surface area (Å²) in [5, 5.41) is 9.20. The Hall–Kier alpha value is -2.18. The van der Waals surface area contributed by atoms with Gasteiger partial charge < -0.3 is 16.6 Å². The van der Waals surface area contributed by atoms with E-state index in [0.29, 0.717) is 40.3 Å². The molecular weight excluding hydrogens is 312 g/mol. The van der Waals surface area contributed by atoms with Crippen LogP contribution in [-0.2, 0) is 6.42 Å². The normalized spacial score (nSPS) is 16.2. The highest BCUT2D eigenvalue weighted by atomic mass is 32.1. The number of carbonyl (C=O) groups excluding carboxylic acids is 2. The number of ketones is 1. The van der Waals surface area contributed by atoms with Gasteiger partial charge in [-0.1, -0.05) is 36.4 Å². The lowest BCUT2D eigenvalue weighted by atomic mass is 9.84. The van der Waals surface area contributed by atoms with Crippen molar-refractivity contribution < 1.29 is 14.7 Å². The summed E-state index contributed by atoms with van der Waals surface area (Å²) in [6.45, 7) is -0.00469. The third kappa shape index (κ3) is 3.97. The van der Waals surface area contributed by atoms with Gasteiger partial charge in [0.2, 0.25) is 0 Å². The molecule has 5 N–H and O–H groups in total. The van der Waals surface area contributed by atoms with Crippen LogP contribution in [0.25, 0.3) is 0 Å². The molecule has 0 saturated carbocycles. The van der Waals surface area contributed by atoms with E-state index in [9.17, 15) is 9.59 Å². The minimum Gasteiger partial charge on any atom is -0.396 e. The van der Waals surface area contributed by atoms with E-state index in [2.05, 4.69) is 0 Å². The van der Waals surface area contributed by atoms with E-state index in [1.807, 2.05) is 36.4 Å². The second kappa shape index (κ2) is 7.89. The third-order valence-corrected chi connectivity index (χ3v) is 4.84. The molecule has 1 aliphatic rings. The van der Waals surface area contributed by atoms with E-state index in [4.69, 9.17) is 16.6 Å². The zero-order valence-electron chi connectivity index (χ0n) is 12.7. The number of nitrogen functional groups attached to an aromatic ring is 1. The number of primary amides is 1. The number of carbonyl (C=O) groups is 2. The van der Waals surface area contributed by atoms with Crippen molar-refractivity contribution in [1.82, 2.24) is 0 Å². The first kappa shape index (κ1) is 17.2. The van der Waals surface area contributed by atoms with Crippen LogP contribution in [0, 0.1) is 5.92 Å². The standard InChI is InChI=1S/C11H14N2O3S.C6H6/c12-10(16)7-6-2-1-5(3-4-14)8(15)9(6)17-11(7)13;1-2-4-6-5-3-1/h5,14H,1-4,13H2,(H2,12,16);1-6H/t5-;/m1./s1. The molecule has 1 aromatic carbocycles. The molecule has 1 heterocycles. The van der Waals surface area contributed by atoms with Crippen molar-refractivity contribution in [3.05, 3.63) is 52.4 Å². The van der Waals surface area contributed by atoms with E-state index in [0.717, 1.165) is 11.3 Å². The molecule has 23 heavy (non-hydrogen) atoms. The molecule has 2 aromatic rings. The van der Waals surface area contributed by atoms with Crippen LogP contribution in [0.4, 0.5) is 5.00 Å². The number of anilines is 1. The quantitative estimate of drug-likeness (QED) is 0.801. The van der Waals surface area contributed by atoms with Crippen molar-refractivity contribution in [2.45, 2.75) is 19.3 Å². The van der Waals surface area contributed by atoms with E-state index in [-0.39, 0.29) is 18.3 Å². The summed E-state index contributed by atoms with van der Waals surface area (Å²) in [5.74, 6) is -0.760. The smallest absolute Gasteiger partial charge is 0.251 e. The number of nitrogens with two attached hydrogens (primary N) is 2. The first-order chi connectivity index (χ1) is 11.1. The second-order valence-corrected chi connectivity index (χ2v) is 6.33. The molecule has 3 rings (SSSR count). The van der Waals surface area contributed by atoms with E-state index >= 15 is 0 Å². The van der Waals surface area contributed by atoms with Crippen LogP contribution in [0.3, 0.4) is 0 Å². The Labute approximate surface area is 138 Å². The summed E-state index contributed by atoms with van der Waals surface area (Å²) >= 11 is 1.13. The minimum absolute atomic E-state index is 0.00469. The summed E-state index contributed by atoms with van der Waals surface area (Å²) in [5.41, 5.74) is 12.0. The zero-order chi connectivity index (χ0) is 16.8. The van der Waals surface area contributed by atoms with Crippen molar-refractivity contribution >= 4 is 28.0 Å². The van der Waals surface area contributed by atoms with Gasteiger partial charge in [-0.3, -0.25) is 9.59 Å². The third-order valence-electron chi connectivity index (χ3n) is 3.76. The Morgan fingerprint density at radius 2 is 1.78 bits per heavy atom. The Balaban J connectivity index is 0.000000268. The number of rotatable bonds is 3. The molecule has 1 atom stereocenters. The number of hydrogen-bond acceptors (Lipinski definition) is 5. The predicted octanol–water partition coefficient (Wildman–Crippen LogP) is 2.24. The molecule has 122 valence electrons. The van der Waals surface area contributed by atoms with Gasteiger partial charge in [-0.15, -0.1) is 11.3 Å². The number of benzene rings is 1. The molecule has 0 spiro atoms. The number of aliphatic hydroxyl groups is 1. The summed E-state index contributed by atoms with van der Waals surface area (Å²) in [6, 6.07) is 12.0. The highest BCUT2D eigenvalue weighted by molar-refractivity contribution is 7.18. The number of amides is 1. The molecule has 0 aliphatic heterocycles. The SMILES string of the molecule is NC(=O)c1c(N)sc2c1CC[C@H](CCO)C2=O.c1ccccc1. The Bertz CT molecular complexity index is 656. The van der Waals surface area contributed by atoms with Gasteiger partial charge >= 0.3 is 0 Å².